The number of carbonyl (C=O) groups is 1. The second kappa shape index (κ2) is 6.48. The number of carbonyl (C=O) groups excluding carboxylic acids is 1. The molecule has 1 amide bonds. The van der Waals surface area contributed by atoms with E-state index in [2.05, 4.69) is 13.8 Å². The maximum atomic E-state index is 11.8. The molecular formula is C13H24ClNO. The van der Waals surface area contributed by atoms with Crippen LogP contribution in [-0.2, 0) is 4.79 Å². The minimum absolute atomic E-state index is 0.293. The first-order valence-electron chi connectivity index (χ1n) is 6.51. The van der Waals surface area contributed by atoms with E-state index in [1.807, 2.05) is 4.90 Å². The Kier molecular flexibility index (Phi) is 5.60. The average molecular weight is 246 g/mol. The molecule has 0 unspecified atom stereocenters. The van der Waals surface area contributed by atoms with Crippen molar-refractivity contribution >= 4 is 17.5 Å². The Bertz CT molecular complexity index is 216. The molecule has 1 fully saturated rings. The standard InChI is InChI=1S/C13H24ClNO/c1-3-13(4-2)7-10-15(11-8-13)12(16)6-5-9-14/h3-11H2,1-2H3. The lowest BCUT2D eigenvalue weighted by molar-refractivity contribution is -0.133. The Morgan fingerprint density at radius 3 is 2.25 bits per heavy atom. The van der Waals surface area contributed by atoms with Crippen LogP contribution in [0.25, 0.3) is 0 Å². The van der Waals surface area contributed by atoms with Gasteiger partial charge in [-0.3, -0.25) is 4.79 Å². The normalized spacial score (nSPS) is 19.8. The molecule has 94 valence electrons. The average Bonchev–Trinajstić information content (AvgIpc) is 2.36. The molecule has 0 radical (unpaired) electrons. The molecule has 0 aromatic rings. The van der Waals surface area contributed by atoms with Crippen LogP contribution in [-0.4, -0.2) is 29.8 Å². The summed E-state index contributed by atoms with van der Waals surface area (Å²) in [5.74, 6) is 0.884. The Morgan fingerprint density at radius 2 is 1.81 bits per heavy atom. The van der Waals surface area contributed by atoms with Crippen molar-refractivity contribution in [2.24, 2.45) is 5.41 Å². The number of likely N-dealkylation sites (tertiary alicyclic amines) is 1. The highest BCUT2D eigenvalue weighted by Crippen LogP contribution is 2.37. The number of halogens is 1. The van der Waals surface area contributed by atoms with Gasteiger partial charge in [0.05, 0.1) is 0 Å². The molecule has 0 aromatic carbocycles. The summed E-state index contributed by atoms with van der Waals surface area (Å²) in [6, 6.07) is 0. The summed E-state index contributed by atoms with van der Waals surface area (Å²) in [7, 11) is 0. The lowest BCUT2D eigenvalue weighted by Gasteiger charge is -2.41. The maximum absolute atomic E-state index is 11.8. The van der Waals surface area contributed by atoms with Crippen LogP contribution in [0.1, 0.15) is 52.4 Å². The molecule has 1 saturated heterocycles. The molecule has 1 aliphatic rings. The molecule has 0 bridgehead atoms. The smallest absolute Gasteiger partial charge is 0.222 e. The zero-order valence-corrected chi connectivity index (χ0v) is 11.4. The van der Waals surface area contributed by atoms with Gasteiger partial charge in [-0.1, -0.05) is 26.7 Å². The molecule has 1 heterocycles. The summed E-state index contributed by atoms with van der Waals surface area (Å²) in [6.45, 7) is 6.44. The number of piperidine rings is 1. The first-order chi connectivity index (χ1) is 7.67. The van der Waals surface area contributed by atoms with Gasteiger partial charge in [-0.05, 0) is 24.7 Å². The van der Waals surface area contributed by atoms with Crippen LogP contribution in [0, 0.1) is 5.41 Å². The highest BCUT2D eigenvalue weighted by atomic mass is 35.5. The van der Waals surface area contributed by atoms with Gasteiger partial charge in [0.25, 0.3) is 0 Å². The van der Waals surface area contributed by atoms with E-state index in [0.717, 1.165) is 19.5 Å². The van der Waals surface area contributed by atoms with Gasteiger partial charge in [0, 0.05) is 25.4 Å². The summed E-state index contributed by atoms with van der Waals surface area (Å²) in [5, 5.41) is 0. The third kappa shape index (κ3) is 3.38. The number of amides is 1. The zero-order valence-electron chi connectivity index (χ0n) is 10.6. The summed E-state index contributed by atoms with van der Waals surface area (Å²) in [4.78, 5) is 13.8. The van der Waals surface area contributed by atoms with Crippen LogP contribution in [0.4, 0.5) is 0 Å². The van der Waals surface area contributed by atoms with Gasteiger partial charge in [-0.25, -0.2) is 0 Å². The van der Waals surface area contributed by atoms with Crippen LogP contribution < -0.4 is 0 Å². The van der Waals surface area contributed by atoms with Crippen molar-refractivity contribution in [3.63, 3.8) is 0 Å². The summed E-state index contributed by atoms with van der Waals surface area (Å²) in [5.41, 5.74) is 0.503. The van der Waals surface area contributed by atoms with Crippen LogP contribution >= 0.6 is 11.6 Å². The first kappa shape index (κ1) is 13.8. The molecule has 2 nitrogen and oxygen atoms in total. The minimum atomic E-state index is 0.293. The van der Waals surface area contributed by atoms with E-state index in [9.17, 15) is 4.79 Å². The summed E-state index contributed by atoms with van der Waals surface area (Å²) in [6.07, 6.45) is 6.26. The third-order valence-corrected chi connectivity index (χ3v) is 4.47. The van der Waals surface area contributed by atoms with Crippen molar-refractivity contribution in [3.05, 3.63) is 0 Å². The van der Waals surface area contributed by atoms with Crippen LogP contribution in [0.3, 0.4) is 0 Å². The second-order valence-electron chi connectivity index (χ2n) is 4.88. The molecule has 0 aromatic heterocycles. The minimum Gasteiger partial charge on any atom is -0.343 e. The quantitative estimate of drug-likeness (QED) is 0.680. The number of hydrogen-bond acceptors (Lipinski definition) is 1. The van der Waals surface area contributed by atoms with Crippen molar-refractivity contribution in [3.8, 4) is 0 Å². The highest BCUT2D eigenvalue weighted by Gasteiger charge is 2.32. The lowest BCUT2D eigenvalue weighted by Crippen LogP contribution is -2.42. The predicted molar refractivity (Wildman–Crippen MR) is 68.8 cm³/mol. The number of nitrogens with zero attached hydrogens (tertiary/aromatic N) is 1. The van der Waals surface area contributed by atoms with E-state index in [0.29, 0.717) is 23.6 Å². The Hall–Kier alpha value is -0.240. The maximum Gasteiger partial charge on any atom is 0.222 e. The lowest BCUT2D eigenvalue weighted by atomic mass is 9.74. The predicted octanol–water partition coefficient (Wildman–Crippen LogP) is 3.43. The number of rotatable bonds is 5. The molecule has 0 saturated carbocycles. The van der Waals surface area contributed by atoms with Crippen molar-refractivity contribution in [1.82, 2.24) is 4.90 Å². The van der Waals surface area contributed by atoms with Crippen LogP contribution in [0.15, 0.2) is 0 Å². The monoisotopic (exact) mass is 245 g/mol. The van der Waals surface area contributed by atoms with Gasteiger partial charge in [-0.2, -0.15) is 0 Å². The summed E-state index contributed by atoms with van der Waals surface area (Å²) < 4.78 is 0. The Morgan fingerprint density at radius 1 is 1.25 bits per heavy atom. The molecule has 0 N–H and O–H groups in total. The molecule has 1 aliphatic heterocycles. The second-order valence-corrected chi connectivity index (χ2v) is 5.26. The van der Waals surface area contributed by atoms with Gasteiger partial charge in [0.15, 0.2) is 0 Å². The van der Waals surface area contributed by atoms with Crippen molar-refractivity contribution in [2.45, 2.75) is 52.4 Å². The molecule has 0 atom stereocenters. The Labute approximate surface area is 104 Å². The van der Waals surface area contributed by atoms with Crippen molar-refractivity contribution < 1.29 is 4.79 Å². The SMILES string of the molecule is CCC1(CC)CCN(C(=O)CCCCl)CC1. The molecule has 0 spiro atoms. The van der Waals surface area contributed by atoms with E-state index < -0.39 is 0 Å². The molecule has 1 rings (SSSR count). The van der Waals surface area contributed by atoms with E-state index in [1.54, 1.807) is 0 Å². The fourth-order valence-corrected chi connectivity index (χ4v) is 2.70. The topological polar surface area (TPSA) is 20.3 Å². The van der Waals surface area contributed by atoms with E-state index in [-0.39, 0.29) is 0 Å². The number of alkyl halides is 1. The van der Waals surface area contributed by atoms with E-state index >= 15 is 0 Å². The van der Waals surface area contributed by atoms with Crippen LogP contribution in [0.5, 0.6) is 0 Å². The van der Waals surface area contributed by atoms with E-state index in [4.69, 9.17) is 11.6 Å². The number of hydrogen-bond donors (Lipinski definition) is 0. The van der Waals surface area contributed by atoms with Gasteiger partial charge in [-0.15, -0.1) is 11.6 Å². The largest absolute Gasteiger partial charge is 0.343 e. The highest BCUT2D eigenvalue weighted by molar-refractivity contribution is 6.17. The van der Waals surface area contributed by atoms with E-state index in [1.165, 1.54) is 25.7 Å². The Balaban J connectivity index is 2.39. The van der Waals surface area contributed by atoms with Gasteiger partial charge < -0.3 is 4.90 Å². The zero-order chi connectivity index (χ0) is 12.0. The van der Waals surface area contributed by atoms with Crippen molar-refractivity contribution in [2.75, 3.05) is 19.0 Å². The van der Waals surface area contributed by atoms with Crippen molar-refractivity contribution in [1.29, 1.82) is 0 Å². The fraction of sp³-hybridized carbons (Fsp3) is 0.923. The molecule has 0 aliphatic carbocycles. The van der Waals surface area contributed by atoms with Crippen LogP contribution in [0.2, 0.25) is 0 Å². The van der Waals surface area contributed by atoms with Gasteiger partial charge in [0.1, 0.15) is 0 Å². The molecular weight excluding hydrogens is 222 g/mol. The van der Waals surface area contributed by atoms with Gasteiger partial charge in [0.2, 0.25) is 5.91 Å². The summed E-state index contributed by atoms with van der Waals surface area (Å²) >= 11 is 5.60. The fourth-order valence-electron chi connectivity index (χ4n) is 2.56. The molecule has 3 heteroatoms. The molecule has 16 heavy (non-hydrogen) atoms. The third-order valence-electron chi connectivity index (χ3n) is 4.20. The van der Waals surface area contributed by atoms with Gasteiger partial charge >= 0.3 is 0 Å². The first-order valence-corrected chi connectivity index (χ1v) is 7.04.